The van der Waals surface area contributed by atoms with Crippen molar-refractivity contribution in [3.63, 3.8) is 0 Å². The highest BCUT2D eigenvalue weighted by molar-refractivity contribution is 5.53. The highest BCUT2D eigenvalue weighted by atomic mass is 16.6. The van der Waals surface area contributed by atoms with Gasteiger partial charge in [-0.1, -0.05) is 6.08 Å². The zero-order valence-electron chi connectivity index (χ0n) is 7.67. The van der Waals surface area contributed by atoms with Crippen molar-refractivity contribution in [2.24, 2.45) is 0 Å². The van der Waals surface area contributed by atoms with E-state index in [2.05, 4.69) is 12.6 Å². The largest absolute Gasteiger partial charge is 0.287 e. The molecule has 0 atom stereocenters. The Balaban J connectivity index is 3.40. The van der Waals surface area contributed by atoms with Crippen molar-refractivity contribution in [1.29, 1.82) is 0 Å². The van der Waals surface area contributed by atoms with E-state index >= 15 is 0 Å². The molecule has 0 amide bonds. The molecule has 0 spiro atoms. The second-order valence-corrected chi connectivity index (χ2v) is 2.70. The van der Waals surface area contributed by atoms with E-state index in [1.54, 1.807) is 0 Å². The highest BCUT2D eigenvalue weighted by Crippen LogP contribution is 2.27. The van der Waals surface area contributed by atoms with Crippen molar-refractivity contribution in [3.8, 4) is 0 Å². The van der Waals surface area contributed by atoms with Gasteiger partial charge in [-0.15, -0.1) is 6.58 Å². The van der Waals surface area contributed by atoms with Crippen molar-refractivity contribution < 1.29 is 9.85 Å². The van der Waals surface area contributed by atoms with E-state index in [-0.39, 0.29) is 23.4 Å². The second kappa shape index (κ2) is 4.32. The van der Waals surface area contributed by atoms with Crippen LogP contribution in [-0.4, -0.2) is 9.85 Å². The molecule has 6 nitrogen and oxygen atoms in total. The van der Waals surface area contributed by atoms with Gasteiger partial charge in [0.1, 0.15) is 5.56 Å². The summed E-state index contributed by atoms with van der Waals surface area (Å²) in [6.07, 6.45) is 1.45. The standard InChI is InChI=1S/C9H7N2O4/c1-2-4-7-8(10(12)13)5-3-6-9(7)11(14)15/h2-3,5H,1,4H2. The van der Waals surface area contributed by atoms with Crippen LogP contribution in [0.2, 0.25) is 0 Å². The monoisotopic (exact) mass is 207 g/mol. The lowest BCUT2D eigenvalue weighted by Crippen LogP contribution is -2.00. The Morgan fingerprint density at radius 2 is 2.07 bits per heavy atom. The van der Waals surface area contributed by atoms with Crippen molar-refractivity contribution >= 4 is 11.4 Å². The van der Waals surface area contributed by atoms with Gasteiger partial charge in [-0.2, -0.15) is 0 Å². The number of allylic oxidation sites excluding steroid dienone is 1. The fraction of sp³-hybridized carbons (Fsp3) is 0.111. The quantitative estimate of drug-likeness (QED) is 0.429. The number of nitro benzene ring substituents is 2. The Morgan fingerprint density at radius 3 is 2.53 bits per heavy atom. The fourth-order valence-corrected chi connectivity index (χ4v) is 1.19. The summed E-state index contributed by atoms with van der Waals surface area (Å²) in [7, 11) is 0. The summed E-state index contributed by atoms with van der Waals surface area (Å²) >= 11 is 0. The molecule has 1 rings (SSSR count). The Kier molecular flexibility index (Phi) is 3.12. The Morgan fingerprint density at radius 1 is 1.40 bits per heavy atom. The molecule has 0 aliphatic rings. The Hall–Kier alpha value is -2.24. The molecule has 0 heterocycles. The summed E-state index contributed by atoms with van der Waals surface area (Å²) in [5.74, 6) is 0. The summed E-state index contributed by atoms with van der Waals surface area (Å²) in [6, 6.07) is 4.72. The molecule has 1 aromatic carbocycles. The fourth-order valence-electron chi connectivity index (χ4n) is 1.19. The van der Waals surface area contributed by atoms with E-state index in [4.69, 9.17) is 0 Å². The van der Waals surface area contributed by atoms with Crippen LogP contribution in [0.25, 0.3) is 0 Å². The molecule has 77 valence electrons. The first-order chi connectivity index (χ1) is 7.07. The van der Waals surface area contributed by atoms with Gasteiger partial charge in [0.25, 0.3) is 11.4 Å². The summed E-state index contributed by atoms with van der Waals surface area (Å²) in [4.78, 5) is 19.9. The first-order valence-electron chi connectivity index (χ1n) is 4.01. The summed E-state index contributed by atoms with van der Waals surface area (Å²) in [5.41, 5.74) is -0.619. The zero-order chi connectivity index (χ0) is 11.4. The maximum absolute atomic E-state index is 10.6. The number of nitro groups is 2. The van der Waals surface area contributed by atoms with E-state index in [1.165, 1.54) is 18.2 Å². The van der Waals surface area contributed by atoms with E-state index < -0.39 is 9.85 Å². The zero-order valence-corrected chi connectivity index (χ0v) is 7.67. The van der Waals surface area contributed by atoms with Crippen LogP contribution in [0, 0.1) is 26.3 Å². The molecule has 0 saturated carbocycles. The minimum atomic E-state index is -0.689. The molecule has 0 aromatic heterocycles. The SMILES string of the molecule is C=CCc1c([N+](=O)[O-])[c]ccc1[N+](=O)[O-]. The lowest BCUT2D eigenvalue weighted by atomic mass is 10.1. The van der Waals surface area contributed by atoms with E-state index in [1.807, 2.05) is 0 Å². The predicted octanol–water partition coefficient (Wildman–Crippen LogP) is 2.03. The third-order valence-electron chi connectivity index (χ3n) is 1.78. The van der Waals surface area contributed by atoms with Gasteiger partial charge in [-0.3, -0.25) is 20.2 Å². The first kappa shape index (κ1) is 10.8. The molecule has 1 aromatic rings. The number of benzene rings is 1. The second-order valence-electron chi connectivity index (χ2n) is 2.70. The van der Waals surface area contributed by atoms with Crippen LogP contribution < -0.4 is 0 Å². The van der Waals surface area contributed by atoms with Crippen LogP contribution in [0.4, 0.5) is 11.4 Å². The molecule has 0 unspecified atom stereocenters. The molecule has 0 bridgehead atoms. The molecule has 6 heteroatoms. The first-order valence-corrected chi connectivity index (χ1v) is 4.01. The Labute approximate surface area is 85.1 Å². The third-order valence-corrected chi connectivity index (χ3v) is 1.78. The van der Waals surface area contributed by atoms with E-state index in [9.17, 15) is 20.2 Å². The summed E-state index contributed by atoms with van der Waals surface area (Å²) in [5, 5.41) is 21.2. The van der Waals surface area contributed by atoms with Gasteiger partial charge < -0.3 is 0 Å². The molecule has 0 aliphatic carbocycles. The number of rotatable bonds is 4. The summed E-state index contributed by atoms with van der Waals surface area (Å²) in [6.45, 7) is 3.40. The lowest BCUT2D eigenvalue weighted by Gasteiger charge is -2.00. The van der Waals surface area contributed by atoms with Crippen LogP contribution >= 0.6 is 0 Å². The van der Waals surface area contributed by atoms with Crippen molar-refractivity contribution in [2.45, 2.75) is 6.42 Å². The number of hydrogen-bond acceptors (Lipinski definition) is 4. The van der Waals surface area contributed by atoms with Gasteiger partial charge in [0, 0.05) is 12.5 Å². The number of nitrogens with zero attached hydrogens (tertiary/aromatic N) is 2. The molecule has 0 aliphatic heterocycles. The average molecular weight is 207 g/mol. The van der Waals surface area contributed by atoms with Crippen molar-refractivity contribution in [3.05, 3.63) is 56.6 Å². The van der Waals surface area contributed by atoms with Gasteiger partial charge >= 0.3 is 0 Å². The van der Waals surface area contributed by atoms with Crippen LogP contribution in [0.5, 0.6) is 0 Å². The van der Waals surface area contributed by atoms with Crippen LogP contribution in [0.1, 0.15) is 5.56 Å². The highest BCUT2D eigenvalue weighted by Gasteiger charge is 2.23. The van der Waals surface area contributed by atoms with Gasteiger partial charge in [-0.25, -0.2) is 0 Å². The van der Waals surface area contributed by atoms with Crippen molar-refractivity contribution in [2.75, 3.05) is 0 Å². The van der Waals surface area contributed by atoms with Gasteiger partial charge in [-0.05, 0) is 6.07 Å². The topological polar surface area (TPSA) is 86.3 Å². The molecule has 1 radical (unpaired) electrons. The smallest absolute Gasteiger partial charge is 0.258 e. The van der Waals surface area contributed by atoms with Crippen molar-refractivity contribution in [1.82, 2.24) is 0 Å². The summed E-state index contributed by atoms with van der Waals surface area (Å²) < 4.78 is 0. The van der Waals surface area contributed by atoms with Crippen LogP contribution in [0.15, 0.2) is 24.8 Å². The minimum absolute atomic E-state index is 0.0301. The maximum Gasteiger partial charge on any atom is 0.287 e. The van der Waals surface area contributed by atoms with Crippen LogP contribution in [0.3, 0.4) is 0 Å². The van der Waals surface area contributed by atoms with Gasteiger partial charge in [0.05, 0.1) is 15.9 Å². The van der Waals surface area contributed by atoms with E-state index in [0.717, 1.165) is 0 Å². The average Bonchev–Trinajstić information content (AvgIpc) is 2.17. The molecule has 0 fully saturated rings. The molecular weight excluding hydrogens is 200 g/mol. The van der Waals surface area contributed by atoms with Crippen LogP contribution in [-0.2, 0) is 6.42 Å². The number of hydrogen-bond donors (Lipinski definition) is 0. The van der Waals surface area contributed by atoms with Gasteiger partial charge in [0.2, 0.25) is 0 Å². The maximum atomic E-state index is 10.6. The molecule has 0 N–H and O–H groups in total. The van der Waals surface area contributed by atoms with Gasteiger partial charge in [0.15, 0.2) is 0 Å². The normalized spacial score (nSPS) is 9.60. The molecular formula is C9H7N2O4. The minimum Gasteiger partial charge on any atom is -0.258 e. The third kappa shape index (κ3) is 2.16. The van der Waals surface area contributed by atoms with E-state index in [0.29, 0.717) is 0 Å². The predicted molar refractivity (Wildman–Crippen MR) is 52.5 cm³/mol. The molecule has 15 heavy (non-hydrogen) atoms. The lowest BCUT2D eigenvalue weighted by molar-refractivity contribution is -0.395. The molecule has 0 saturated heterocycles. The Bertz CT molecular complexity index is 396.